The van der Waals surface area contributed by atoms with Crippen molar-refractivity contribution >= 4 is 35.2 Å². The maximum absolute atomic E-state index is 12.3. The molecule has 1 atom stereocenters. The average molecular weight is 383 g/mol. The van der Waals surface area contributed by atoms with Gasteiger partial charge in [-0.15, -0.1) is 0 Å². The van der Waals surface area contributed by atoms with Crippen LogP contribution in [-0.4, -0.2) is 35.1 Å². The molecular formula is C17H19ClN2O4S. The topological polar surface area (TPSA) is 81.4 Å². The fourth-order valence-corrected chi connectivity index (χ4v) is 2.66. The summed E-state index contributed by atoms with van der Waals surface area (Å²) in [6, 6.07) is 7.41. The lowest BCUT2D eigenvalue weighted by Crippen LogP contribution is -2.42. The Morgan fingerprint density at radius 3 is 2.68 bits per heavy atom. The molecule has 1 amide bonds. The zero-order valence-corrected chi connectivity index (χ0v) is 15.5. The van der Waals surface area contributed by atoms with Gasteiger partial charge in [0.2, 0.25) is 0 Å². The number of nitrogens with zero attached hydrogens (tertiary/aromatic N) is 1. The number of rotatable bonds is 8. The summed E-state index contributed by atoms with van der Waals surface area (Å²) < 4.78 is 10.2. The van der Waals surface area contributed by atoms with Gasteiger partial charge in [-0.05, 0) is 49.6 Å². The predicted octanol–water partition coefficient (Wildman–Crippen LogP) is 3.23. The van der Waals surface area contributed by atoms with Gasteiger partial charge in [-0.3, -0.25) is 4.79 Å². The number of benzene rings is 1. The number of amides is 1. The Hall–Kier alpha value is -1.99. The summed E-state index contributed by atoms with van der Waals surface area (Å²) in [5, 5.41) is 7.02. The van der Waals surface area contributed by atoms with Crippen LogP contribution in [0.2, 0.25) is 5.02 Å². The maximum atomic E-state index is 12.3. The van der Waals surface area contributed by atoms with Gasteiger partial charge in [-0.1, -0.05) is 16.8 Å². The summed E-state index contributed by atoms with van der Waals surface area (Å²) >= 11 is 7.41. The number of hydrogen-bond donors (Lipinski definition) is 1. The van der Waals surface area contributed by atoms with E-state index in [1.807, 2.05) is 6.26 Å². The molecule has 8 heteroatoms. The van der Waals surface area contributed by atoms with E-state index < -0.39 is 12.0 Å². The van der Waals surface area contributed by atoms with Crippen molar-refractivity contribution in [3.8, 4) is 0 Å². The first kappa shape index (κ1) is 19.3. The molecule has 0 fully saturated rings. The van der Waals surface area contributed by atoms with Crippen molar-refractivity contribution in [3.05, 3.63) is 52.4 Å². The lowest BCUT2D eigenvalue weighted by Gasteiger charge is -2.17. The molecule has 0 unspecified atom stereocenters. The van der Waals surface area contributed by atoms with Crippen molar-refractivity contribution < 1.29 is 18.8 Å². The molecule has 2 rings (SSSR count). The zero-order valence-electron chi connectivity index (χ0n) is 14.0. The van der Waals surface area contributed by atoms with E-state index in [4.69, 9.17) is 20.9 Å². The second-order valence-electron chi connectivity index (χ2n) is 5.35. The van der Waals surface area contributed by atoms with Crippen molar-refractivity contribution in [1.29, 1.82) is 0 Å². The minimum Gasteiger partial charge on any atom is -0.458 e. The summed E-state index contributed by atoms with van der Waals surface area (Å²) in [7, 11) is 0. The second-order valence-corrected chi connectivity index (χ2v) is 6.77. The third kappa shape index (κ3) is 6.10. The molecule has 6 nitrogen and oxygen atoms in total. The number of carbonyl (C=O) groups excluding carboxylic acids is 2. The number of esters is 1. The van der Waals surface area contributed by atoms with E-state index in [1.54, 1.807) is 49.0 Å². The van der Waals surface area contributed by atoms with Gasteiger partial charge in [0.1, 0.15) is 24.1 Å². The Morgan fingerprint density at radius 2 is 2.08 bits per heavy atom. The van der Waals surface area contributed by atoms with E-state index in [9.17, 15) is 9.59 Å². The van der Waals surface area contributed by atoms with Gasteiger partial charge in [0.25, 0.3) is 5.91 Å². The SMILES string of the molecule is CSCC[C@H](NC(=O)c1ccc(Cl)cc1)C(=O)OCc1cc(C)on1. The van der Waals surface area contributed by atoms with Crippen LogP contribution in [0.4, 0.5) is 0 Å². The van der Waals surface area contributed by atoms with Crippen LogP contribution in [-0.2, 0) is 16.1 Å². The predicted molar refractivity (Wildman–Crippen MR) is 96.7 cm³/mol. The molecular weight excluding hydrogens is 364 g/mol. The Morgan fingerprint density at radius 1 is 1.36 bits per heavy atom. The van der Waals surface area contributed by atoms with E-state index in [2.05, 4.69) is 10.5 Å². The van der Waals surface area contributed by atoms with Crippen LogP contribution in [0, 0.1) is 6.92 Å². The second kappa shape index (κ2) is 9.48. The van der Waals surface area contributed by atoms with Crippen LogP contribution in [0.3, 0.4) is 0 Å². The third-order valence-corrected chi connectivity index (χ3v) is 4.24. The number of halogens is 1. The van der Waals surface area contributed by atoms with Crippen molar-refractivity contribution in [2.24, 2.45) is 0 Å². The van der Waals surface area contributed by atoms with Crippen LogP contribution in [0.15, 0.2) is 34.9 Å². The number of aromatic nitrogens is 1. The van der Waals surface area contributed by atoms with E-state index in [0.29, 0.717) is 34.2 Å². The van der Waals surface area contributed by atoms with Crippen molar-refractivity contribution in [1.82, 2.24) is 10.5 Å². The van der Waals surface area contributed by atoms with Crippen LogP contribution in [0.25, 0.3) is 0 Å². The molecule has 0 aliphatic rings. The first-order valence-electron chi connectivity index (χ1n) is 7.64. The van der Waals surface area contributed by atoms with E-state index >= 15 is 0 Å². The summed E-state index contributed by atoms with van der Waals surface area (Å²) in [5.41, 5.74) is 0.956. The van der Waals surface area contributed by atoms with Crippen LogP contribution < -0.4 is 5.32 Å². The van der Waals surface area contributed by atoms with Gasteiger partial charge in [0.15, 0.2) is 0 Å². The first-order chi connectivity index (χ1) is 12.0. The van der Waals surface area contributed by atoms with E-state index in [0.717, 1.165) is 0 Å². The molecule has 25 heavy (non-hydrogen) atoms. The highest BCUT2D eigenvalue weighted by atomic mass is 35.5. The molecule has 1 N–H and O–H groups in total. The number of thioether (sulfide) groups is 1. The van der Waals surface area contributed by atoms with Gasteiger partial charge in [0, 0.05) is 16.7 Å². The number of carbonyl (C=O) groups is 2. The number of hydrogen-bond acceptors (Lipinski definition) is 6. The standard InChI is InChI=1S/C17H19ClN2O4S/c1-11-9-14(20-24-11)10-23-17(22)15(7-8-25-2)19-16(21)12-3-5-13(18)6-4-12/h3-6,9,15H,7-8,10H2,1-2H3,(H,19,21)/t15-/m0/s1. The summed E-state index contributed by atoms with van der Waals surface area (Å²) in [5.74, 6) is 0.499. The largest absolute Gasteiger partial charge is 0.458 e. The highest BCUT2D eigenvalue weighted by Gasteiger charge is 2.23. The summed E-state index contributed by atoms with van der Waals surface area (Å²) in [6.07, 6.45) is 2.40. The number of nitrogens with one attached hydrogen (secondary N) is 1. The monoisotopic (exact) mass is 382 g/mol. The lowest BCUT2D eigenvalue weighted by molar-refractivity contribution is -0.147. The van der Waals surface area contributed by atoms with Gasteiger partial charge in [0.05, 0.1) is 0 Å². The molecule has 0 saturated heterocycles. The fourth-order valence-electron chi connectivity index (χ4n) is 2.06. The lowest BCUT2D eigenvalue weighted by atomic mass is 10.1. The Labute approximate surface area is 155 Å². The normalized spacial score (nSPS) is 11.8. The van der Waals surface area contributed by atoms with Crippen LogP contribution in [0.1, 0.15) is 28.2 Å². The fraction of sp³-hybridized carbons (Fsp3) is 0.353. The van der Waals surface area contributed by atoms with Gasteiger partial charge in [-0.25, -0.2) is 4.79 Å². The van der Waals surface area contributed by atoms with Crippen LogP contribution in [0.5, 0.6) is 0 Å². The van der Waals surface area contributed by atoms with Gasteiger partial charge in [-0.2, -0.15) is 11.8 Å². The van der Waals surface area contributed by atoms with Crippen molar-refractivity contribution in [2.75, 3.05) is 12.0 Å². The molecule has 1 heterocycles. The first-order valence-corrected chi connectivity index (χ1v) is 9.41. The Bertz CT molecular complexity index is 718. The highest BCUT2D eigenvalue weighted by Crippen LogP contribution is 2.11. The molecule has 1 aromatic heterocycles. The molecule has 0 aliphatic carbocycles. The molecule has 2 aromatic rings. The van der Waals surface area contributed by atoms with Crippen LogP contribution >= 0.6 is 23.4 Å². The smallest absolute Gasteiger partial charge is 0.329 e. The molecule has 0 saturated carbocycles. The van der Waals surface area contributed by atoms with E-state index in [-0.39, 0.29) is 12.5 Å². The van der Waals surface area contributed by atoms with Crippen molar-refractivity contribution in [2.45, 2.75) is 26.0 Å². The molecule has 0 aliphatic heterocycles. The number of aryl methyl sites for hydroxylation is 1. The van der Waals surface area contributed by atoms with E-state index in [1.165, 1.54) is 0 Å². The average Bonchev–Trinajstić information content (AvgIpc) is 3.02. The number of ether oxygens (including phenoxy) is 1. The molecule has 0 spiro atoms. The summed E-state index contributed by atoms with van der Waals surface area (Å²) in [6.45, 7) is 1.76. The van der Waals surface area contributed by atoms with Gasteiger partial charge >= 0.3 is 5.97 Å². The molecule has 0 bridgehead atoms. The Kier molecular flexibility index (Phi) is 7.33. The minimum atomic E-state index is -0.733. The minimum absolute atomic E-state index is 0.00273. The highest BCUT2D eigenvalue weighted by molar-refractivity contribution is 7.98. The summed E-state index contributed by atoms with van der Waals surface area (Å²) in [4.78, 5) is 24.6. The molecule has 134 valence electrons. The Balaban J connectivity index is 1.97. The maximum Gasteiger partial charge on any atom is 0.329 e. The quantitative estimate of drug-likeness (QED) is 0.706. The third-order valence-electron chi connectivity index (χ3n) is 3.35. The van der Waals surface area contributed by atoms with Gasteiger partial charge < -0.3 is 14.6 Å². The molecule has 0 radical (unpaired) electrons. The van der Waals surface area contributed by atoms with Crippen molar-refractivity contribution in [3.63, 3.8) is 0 Å². The molecule has 1 aromatic carbocycles. The zero-order chi connectivity index (χ0) is 18.2.